The normalized spacial score (nSPS) is 17.8. The van der Waals surface area contributed by atoms with Crippen LogP contribution in [-0.2, 0) is 11.3 Å². The molecule has 1 aliphatic heterocycles. The highest BCUT2D eigenvalue weighted by Gasteiger charge is 2.18. The lowest BCUT2D eigenvalue weighted by molar-refractivity contribution is 0.0529. The van der Waals surface area contributed by atoms with E-state index in [2.05, 4.69) is 69.7 Å². The lowest BCUT2D eigenvalue weighted by Gasteiger charge is -2.32. The number of rotatable bonds is 7. The van der Waals surface area contributed by atoms with Crippen LogP contribution in [0.1, 0.15) is 19.4 Å². The molecule has 0 aliphatic carbocycles. The number of thioether (sulfide) groups is 1. The quantitative estimate of drug-likeness (QED) is 0.241. The molecule has 1 fully saturated rings. The number of nitrogens with one attached hydrogen (secondary N) is 2. The Bertz CT molecular complexity index is 792. The molecule has 2 unspecified atom stereocenters. The Morgan fingerprint density at radius 3 is 2.83 bits per heavy atom. The number of aliphatic imine (C=N–C) groups is 1. The van der Waals surface area contributed by atoms with Gasteiger partial charge in [-0.1, -0.05) is 25.1 Å². The number of morpholine rings is 1. The molecule has 0 saturated carbocycles. The minimum Gasteiger partial charge on any atom is -0.375 e. The Balaban J connectivity index is 0.00000320. The van der Waals surface area contributed by atoms with Crippen LogP contribution in [0.2, 0.25) is 0 Å². The van der Waals surface area contributed by atoms with Gasteiger partial charge in [-0.15, -0.1) is 35.7 Å². The van der Waals surface area contributed by atoms with Crippen molar-refractivity contribution in [2.45, 2.75) is 36.6 Å². The molecule has 2 heterocycles. The topological polar surface area (TPSA) is 61.8 Å². The molecule has 2 N–H and O–H groups in total. The maximum absolute atomic E-state index is 5.63. The molecule has 0 bridgehead atoms. The minimum atomic E-state index is 0. The van der Waals surface area contributed by atoms with E-state index in [9.17, 15) is 0 Å². The largest absolute Gasteiger partial charge is 0.375 e. The third kappa shape index (κ3) is 7.96. The van der Waals surface area contributed by atoms with E-state index in [1.807, 2.05) is 30.1 Å². The fourth-order valence-corrected chi connectivity index (χ4v) is 4.14. The molecule has 3 rings (SSSR count). The zero-order valence-electron chi connectivity index (χ0n) is 17.9. The number of halogens is 1. The van der Waals surface area contributed by atoms with E-state index < -0.39 is 0 Å². The van der Waals surface area contributed by atoms with Gasteiger partial charge in [0.1, 0.15) is 5.82 Å². The Morgan fingerprint density at radius 1 is 1.30 bits per heavy atom. The summed E-state index contributed by atoms with van der Waals surface area (Å²) in [6.07, 6.45) is 2.12. The smallest absolute Gasteiger partial charge is 0.191 e. The van der Waals surface area contributed by atoms with Gasteiger partial charge < -0.3 is 20.3 Å². The van der Waals surface area contributed by atoms with Crippen molar-refractivity contribution in [3.8, 4) is 0 Å². The third-order valence-electron chi connectivity index (χ3n) is 4.70. The molecule has 8 heteroatoms. The summed E-state index contributed by atoms with van der Waals surface area (Å²) in [6.45, 7) is 8.38. The van der Waals surface area contributed by atoms with Crippen LogP contribution in [0.3, 0.4) is 0 Å². The third-order valence-corrected chi connectivity index (χ3v) is 5.81. The van der Waals surface area contributed by atoms with Crippen molar-refractivity contribution in [1.82, 2.24) is 15.6 Å². The van der Waals surface area contributed by atoms with E-state index in [0.29, 0.717) is 11.8 Å². The number of ether oxygens (including phenoxy) is 1. The van der Waals surface area contributed by atoms with Crippen molar-refractivity contribution in [3.05, 3.63) is 54.2 Å². The van der Waals surface area contributed by atoms with Gasteiger partial charge in [0, 0.05) is 49.6 Å². The lowest BCUT2D eigenvalue weighted by Crippen LogP contribution is -2.41. The van der Waals surface area contributed by atoms with Gasteiger partial charge in [0.15, 0.2) is 5.96 Å². The molecule has 2 atom stereocenters. The van der Waals surface area contributed by atoms with Crippen molar-refractivity contribution in [3.63, 3.8) is 0 Å². The van der Waals surface area contributed by atoms with E-state index >= 15 is 0 Å². The highest BCUT2D eigenvalue weighted by molar-refractivity contribution is 14.0. The zero-order chi connectivity index (χ0) is 20.5. The summed E-state index contributed by atoms with van der Waals surface area (Å²) in [7, 11) is 1.80. The second-order valence-corrected chi connectivity index (χ2v) is 8.71. The van der Waals surface area contributed by atoms with Crippen LogP contribution in [0, 0.1) is 0 Å². The molecule has 1 aromatic carbocycles. The van der Waals surface area contributed by atoms with Gasteiger partial charge in [0.25, 0.3) is 0 Å². The van der Waals surface area contributed by atoms with Crippen molar-refractivity contribution < 1.29 is 4.74 Å². The molecule has 0 spiro atoms. The zero-order valence-corrected chi connectivity index (χ0v) is 21.0. The van der Waals surface area contributed by atoms with Crippen LogP contribution in [0.15, 0.2) is 58.5 Å². The monoisotopic (exact) mass is 541 g/mol. The second kappa shape index (κ2) is 13.0. The van der Waals surface area contributed by atoms with Gasteiger partial charge in [-0.2, -0.15) is 0 Å². The first-order chi connectivity index (χ1) is 14.1. The number of anilines is 1. The number of pyridine rings is 1. The number of hydrogen-bond acceptors (Lipinski definition) is 5. The predicted molar refractivity (Wildman–Crippen MR) is 137 cm³/mol. The van der Waals surface area contributed by atoms with Gasteiger partial charge >= 0.3 is 0 Å². The summed E-state index contributed by atoms with van der Waals surface area (Å²) < 4.78 is 5.63. The van der Waals surface area contributed by atoms with Gasteiger partial charge in [-0.05, 0) is 36.8 Å². The van der Waals surface area contributed by atoms with Crippen LogP contribution >= 0.6 is 35.7 Å². The second-order valence-electron chi connectivity index (χ2n) is 7.20. The number of hydrogen-bond donors (Lipinski definition) is 2. The summed E-state index contributed by atoms with van der Waals surface area (Å²) >= 11 is 1.86. The first kappa shape index (κ1) is 24.7. The highest BCUT2D eigenvalue weighted by atomic mass is 127. The fraction of sp³-hybridized carbons (Fsp3) is 0.455. The van der Waals surface area contributed by atoms with Crippen molar-refractivity contribution >= 4 is 47.5 Å². The average molecular weight is 542 g/mol. The van der Waals surface area contributed by atoms with Gasteiger partial charge in [0.2, 0.25) is 0 Å². The Kier molecular flexibility index (Phi) is 10.7. The number of guanidine groups is 1. The molecular formula is C22H32IN5OS. The van der Waals surface area contributed by atoms with E-state index in [-0.39, 0.29) is 30.1 Å². The summed E-state index contributed by atoms with van der Waals surface area (Å²) in [5, 5.41) is 7.26. The maximum Gasteiger partial charge on any atom is 0.191 e. The highest BCUT2D eigenvalue weighted by Crippen LogP contribution is 2.22. The fourth-order valence-electron chi connectivity index (χ4n) is 3.19. The Morgan fingerprint density at radius 2 is 2.10 bits per heavy atom. The predicted octanol–water partition coefficient (Wildman–Crippen LogP) is 3.77. The summed E-state index contributed by atoms with van der Waals surface area (Å²) in [6, 6.07) is 14.7. The first-order valence-electron chi connectivity index (χ1n) is 10.1. The number of aromatic nitrogens is 1. The standard InChI is InChI=1S/C22H31N5OS.HI/c1-17-16-27(11-12-28-17)21-13-19(9-10-24-21)15-26-22(23-3)25-14-18(2)29-20-7-5-4-6-8-20;/h4-10,13,17-18H,11-12,14-16H2,1-3H3,(H2,23,25,26);1H. The van der Waals surface area contributed by atoms with E-state index in [1.54, 1.807) is 7.05 Å². The number of nitrogens with zero attached hydrogens (tertiary/aromatic N) is 3. The Labute approximate surface area is 201 Å². The molecular weight excluding hydrogens is 509 g/mol. The summed E-state index contributed by atoms with van der Waals surface area (Å²) in [4.78, 5) is 12.5. The van der Waals surface area contributed by atoms with Crippen molar-refractivity contribution in [1.29, 1.82) is 0 Å². The van der Waals surface area contributed by atoms with Crippen LogP contribution < -0.4 is 15.5 Å². The number of benzene rings is 1. The molecule has 1 saturated heterocycles. The maximum atomic E-state index is 5.63. The molecule has 1 aliphatic rings. The molecule has 2 aromatic rings. The lowest BCUT2D eigenvalue weighted by atomic mass is 10.2. The first-order valence-corrected chi connectivity index (χ1v) is 11.0. The van der Waals surface area contributed by atoms with E-state index in [1.165, 1.54) is 10.5 Å². The molecule has 164 valence electrons. The van der Waals surface area contributed by atoms with Crippen LogP contribution in [0.4, 0.5) is 5.82 Å². The van der Waals surface area contributed by atoms with Crippen LogP contribution in [0.25, 0.3) is 0 Å². The van der Waals surface area contributed by atoms with Crippen molar-refractivity contribution in [2.75, 3.05) is 38.2 Å². The average Bonchev–Trinajstić information content (AvgIpc) is 2.75. The molecule has 6 nitrogen and oxygen atoms in total. The van der Waals surface area contributed by atoms with Crippen molar-refractivity contribution in [2.24, 2.45) is 4.99 Å². The molecule has 0 radical (unpaired) electrons. The van der Waals surface area contributed by atoms with Gasteiger partial charge in [-0.25, -0.2) is 4.98 Å². The molecule has 0 amide bonds. The molecule has 30 heavy (non-hydrogen) atoms. The van der Waals surface area contributed by atoms with E-state index in [0.717, 1.165) is 38.0 Å². The SMILES string of the molecule is CN=C(NCc1ccnc(N2CCOC(C)C2)c1)NCC(C)Sc1ccccc1.I. The summed E-state index contributed by atoms with van der Waals surface area (Å²) in [5.41, 5.74) is 1.18. The van der Waals surface area contributed by atoms with Crippen LogP contribution in [-0.4, -0.2) is 55.6 Å². The van der Waals surface area contributed by atoms with Gasteiger partial charge in [0.05, 0.1) is 12.7 Å². The molecule has 1 aromatic heterocycles. The summed E-state index contributed by atoms with van der Waals surface area (Å²) in [5.74, 6) is 1.82. The van der Waals surface area contributed by atoms with Gasteiger partial charge in [-0.3, -0.25) is 4.99 Å². The van der Waals surface area contributed by atoms with E-state index in [4.69, 9.17) is 4.74 Å². The van der Waals surface area contributed by atoms with Crippen LogP contribution in [0.5, 0.6) is 0 Å². The Hall–Kier alpha value is -1.52. The minimum absolute atomic E-state index is 0.